The second-order valence-corrected chi connectivity index (χ2v) is 5.43. The zero-order valence-electron chi connectivity index (χ0n) is 9.10. The Bertz CT molecular complexity index is 341. The van der Waals surface area contributed by atoms with Crippen LogP contribution in [-0.2, 0) is 18.3 Å². The third-order valence-corrected chi connectivity index (χ3v) is 2.94. The monoisotopic (exact) mass is 305 g/mol. The van der Waals surface area contributed by atoms with E-state index in [0.717, 1.165) is 6.42 Å². The maximum atomic E-state index is 2.70. The second kappa shape index (κ2) is 6.36. The van der Waals surface area contributed by atoms with E-state index in [4.69, 9.17) is 0 Å². The summed E-state index contributed by atoms with van der Waals surface area (Å²) in [5.41, 5.74) is 2.67. The fourth-order valence-corrected chi connectivity index (χ4v) is 2.32. The van der Waals surface area contributed by atoms with Crippen LogP contribution in [0.15, 0.2) is 40.6 Å². The summed E-state index contributed by atoms with van der Waals surface area (Å²) in [5.74, 6) is 0. The summed E-state index contributed by atoms with van der Waals surface area (Å²) in [6.07, 6.45) is 7.46. The fraction of sp³-hybridized carbons (Fsp3) is 0.231. The molecule has 1 atom stereocenters. The van der Waals surface area contributed by atoms with Crippen LogP contribution in [0.25, 0.3) is 0 Å². The number of hydrogen-bond acceptors (Lipinski definition) is 0. The van der Waals surface area contributed by atoms with E-state index in [1.54, 1.807) is 0 Å². The molecule has 1 aliphatic rings. The molecule has 81 valence electrons. The Morgan fingerprint density at radius 1 is 1.13 bits per heavy atom. The average Bonchev–Trinajstić information content (AvgIpc) is 2.54. The summed E-state index contributed by atoms with van der Waals surface area (Å²) in [6.45, 7) is 4.22. The maximum absolute atomic E-state index is 2.70. The van der Waals surface area contributed by atoms with Crippen LogP contribution >= 0.6 is 9.24 Å². The Hall–Kier alpha value is -0.247. The van der Waals surface area contributed by atoms with Gasteiger partial charge in [0.05, 0.1) is 0 Å². The summed E-state index contributed by atoms with van der Waals surface area (Å²) < 4.78 is 1.40. The van der Waals surface area contributed by atoms with E-state index in [-0.39, 0.29) is 0 Å². The molecule has 0 heterocycles. The van der Waals surface area contributed by atoms with Crippen molar-refractivity contribution >= 4 is 14.5 Å². The SMILES string of the molecule is Cc1cc(C)cc(P)c1.[Ru][C]1=CC=CC1. The van der Waals surface area contributed by atoms with E-state index < -0.39 is 0 Å². The second-order valence-electron chi connectivity index (χ2n) is 3.65. The number of rotatable bonds is 0. The molecule has 0 nitrogen and oxygen atoms in total. The van der Waals surface area contributed by atoms with Crippen LogP contribution in [0.2, 0.25) is 0 Å². The Balaban J connectivity index is 0.000000162. The van der Waals surface area contributed by atoms with E-state index in [0.29, 0.717) is 0 Å². The minimum absolute atomic E-state index is 1.14. The Morgan fingerprint density at radius 3 is 2.00 bits per heavy atom. The molecule has 0 radical (unpaired) electrons. The molecule has 1 aromatic carbocycles. The van der Waals surface area contributed by atoms with Crippen molar-refractivity contribution < 1.29 is 18.3 Å². The van der Waals surface area contributed by atoms with Gasteiger partial charge in [-0.2, -0.15) is 0 Å². The van der Waals surface area contributed by atoms with Crippen LogP contribution in [0.4, 0.5) is 0 Å². The first-order valence-corrected chi connectivity index (χ1v) is 6.36. The van der Waals surface area contributed by atoms with Crippen LogP contribution in [0.3, 0.4) is 0 Å². The number of benzene rings is 1. The molecular formula is C13H16PRu. The van der Waals surface area contributed by atoms with Gasteiger partial charge in [-0.05, 0) is 19.2 Å². The Kier molecular flexibility index (Phi) is 5.44. The van der Waals surface area contributed by atoms with Crippen molar-refractivity contribution in [3.05, 3.63) is 51.7 Å². The van der Waals surface area contributed by atoms with Gasteiger partial charge < -0.3 is 0 Å². The van der Waals surface area contributed by atoms with Gasteiger partial charge >= 0.3 is 47.1 Å². The molecule has 1 unspecified atom stereocenters. The molecule has 0 amide bonds. The van der Waals surface area contributed by atoms with Crippen molar-refractivity contribution in [3.8, 4) is 0 Å². The van der Waals surface area contributed by atoms with Gasteiger partial charge in [0.2, 0.25) is 0 Å². The Labute approximate surface area is 105 Å². The van der Waals surface area contributed by atoms with Crippen LogP contribution in [0.5, 0.6) is 0 Å². The van der Waals surface area contributed by atoms with Gasteiger partial charge in [-0.1, -0.05) is 29.3 Å². The molecule has 1 aromatic rings. The molecule has 2 rings (SSSR count). The average molecular weight is 304 g/mol. The molecule has 0 N–H and O–H groups in total. The fourth-order valence-electron chi connectivity index (χ4n) is 1.43. The minimum atomic E-state index is 1.14. The number of allylic oxidation sites excluding steroid dienone is 4. The number of aryl methyl sites for hydroxylation is 2. The van der Waals surface area contributed by atoms with Crippen LogP contribution in [0, 0.1) is 13.8 Å². The third-order valence-electron chi connectivity index (χ3n) is 1.96. The number of hydrogen-bond donors (Lipinski definition) is 0. The molecule has 1 aliphatic carbocycles. The first-order chi connectivity index (χ1) is 7.08. The quantitative estimate of drug-likeness (QED) is 0.510. The standard InChI is InChI=1S/C8H11P.C5H5.Ru/c1-6-3-7(2)5-8(9)4-6;1-2-4-5-3-1;/h3-5H,9H2,1-2H3;1-3H,4H2;. The zero-order chi connectivity index (χ0) is 11.3. The van der Waals surface area contributed by atoms with E-state index >= 15 is 0 Å². The van der Waals surface area contributed by atoms with Crippen molar-refractivity contribution in [2.45, 2.75) is 20.3 Å². The van der Waals surface area contributed by atoms with Crippen LogP contribution in [0.1, 0.15) is 17.5 Å². The van der Waals surface area contributed by atoms with Gasteiger partial charge in [0, 0.05) is 0 Å². The molecule has 0 spiro atoms. The Morgan fingerprint density at radius 2 is 1.73 bits per heavy atom. The van der Waals surface area contributed by atoms with E-state index in [1.807, 2.05) is 0 Å². The molecule has 15 heavy (non-hydrogen) atoms. The topological polar surface area (TPSA) is 0 Å². The molecule has 0 saturated heterocycles. The third kappa shape index (κ3) is 5.40. The van der Waals surface area contributed by atoms with E-state index in [2.05, 4.69) is 77.8 Å². The zero-order valence-corrected chi connectivity index (χ0v) is 12.0. The van der Waals surface area contributed by atoms with Gasteiger partial charge in [-0.25, -0.2) is 0 Å². The van der Waals surface area contributed by atoms with Crippen molar-refractivity contribution in [1.29, 1.82) is 0 Å². The molecule has 2 heteroatoms. The molecule has 0 fully saturated rings. The molecule has 0 bridgehead atoms. The predicted octanol–water partition coefficient (Wildman–Crippen LogP) is 3.18. The first-order valence-electron chi connectivity index (χ1n) is 4.91. The predicted molar refractivity (Wildman–Crippen MR) is 67.1 cm³/mol. The summed E-state index contributed by atoms with van der Waals surface area (Å²) in [7, 11) is 2.70. The van der Waals surface area contributed by atoms with E-state index in [9.17, 15) is 0 Å². The molecule has 0 aliphatic heterocycles. The van der Waals surface area contributed by atoms with Gasteiger partial charge in [0.25, 0.3) is 0 Å². The molecular weight excluding hydrogens is 288 g/mol. The summed E-state index contributed by atoms with van der Waals surface area (Å²) in [5, 5.41) is 1.27. The first kappa shape index (κ1) is 12.8. The van der Waals surface area contributed by atoms with Gasteiger partial charge in [0.15, 0.2) is 0 Å². The van der Waals surface area contributed by atoms with Crippen molar-refractivity contribution in [1.82, 2.24) is 0 Å². The van der Waals surface area contributed by atoms with E-state index in [1.165, 1.54) is 20.6 Å². The summed E-state index contributed by atoms with van der Waals surface area (Å²) in [4.78, 5) is 0. The normalized spacial score (nSPS) is 13.2. The van der Waals surface area contributed by atoms with Crippen LogP contribution < -0.4 is 5.30 Å². The van der Waals surface area contributed by atoms with Gasteiger partial charge in [-0.3, -0.25) is 0 Å². The van der Waals surface area contributed by atoms with Crippen molar-refractivity contribution in [2.24, 2.45) is 0 Å². The summed E-state index contributed by atoms with van der Waals surface area (Å²) in [6, 6.07) is 6.48. The van der Waals surface area contributed by atoms with Crippen molar-refractivity contribution in [2.75, 3.05) is 0 Å². The van der Waals surface area contributed by atoms with Gasteiger partial charge in [0.1, 0.15) is 0 Å². The molecule has 0 aromatic heterocycles. The molecule has 0 saturated carbocycles. The van der Waals surface area contributed by atoms with Crippen molar-refractivity contribution in [3.63, 3.8) is 0 Å². The van der Waals surface area contributed by atoms with Crippen LogP contribution in [-0.4, -0.2) is 0 Å². The van der Waals surface area contributed by atoms with Gasteiger partial charge in [-0.15, -0.1) is 9.24 Å². The summed E-state index contributed by atoms with van der Waals surface area (Å²) >= 11 is 2.59.